The van der Waals surface area contributed by atoms with Crippen molar-refractivity contribution in [3.05, 3.63) is 51.5 Å². The Bertz CT molecular complexity index is 767. The average Bonchev–Trinajstić information content (AvgIpc) is 3.15. The predicted octanol–water partition coefficient (Wildman–Crippen LogP) is 4.60. The number of hydrogen-bond donors (Lipinski definition) is 1. The highest BCUT2D eigenvalue weighted by molar-refractivity contribution is 14.0. The highest BCUT2D eigenvalue weighted by atomic mass is 127. The number of aliphatic imine (C=N–C) groups is 1. The van der Waals surface area contributed by atoms with Gasteiger partial charge in [-0.15, -0.1) is 35.3 Å². The van der Waals surface area contributed by atoms with Crippen LogP contribution in [-0.2, 0) is 29.2 Å². The van der Waals surface area contributed by atoms with Crippen LogP contribution < -0.4 is 5.32 Å². The molecule has 2 aromatic rings. The Labute approximate surface area is 195 Å². The number of thiazole rings is 1. The van der Waals surface area contributed by atoms with Gasteiger partial charge in [0.25, 0.3) is 0 Å². The average molecular weight is 532 g/mol. The van der Waals surface area contributed by atoms with Gasteiger partial charge in [0, 0.05) is 33.1 Å². The molecule has 1 unspecified atom stereocenters. The van der Waals surface area contributed by atoms with Gasteiger partial charge in [0.1, 0.15) is 11.1 Å². The molecule has 0 radical (unpaired) electrons. The van der Waals surface area contributed by atoms with Gasteiger partial charge in [0.05, 0.1) is 24.9 Å². The first-order valence-electron chi connectivity index (χ1n) is 9.51. The van der Waals surface area contributed by atoms with Gasteiger partial charge < -0.3 is 19.7 Å². The molecule has 0 aliphatic rings. The third-order valence-corrected chi connectivity index (χ3v) is 5.32. The van der Waals surface area contributed by atoms with E-state index in [1.165, 1.54) is 11.1 Å². The number of ether oxygens (including phenoxy) is 2. The summed E-state index contributed by atoms with van der Waals surface area (Å²) in [5, 5.41) is 6.50. The summed E-state index contributed by atoms with van der Waals surface area (Å²) in [5.41, 5.74) is 3.39. The first-order valence-corrected chi connectivity index (χ1v) is 10.4. The SMILES string of the molecule is CN=C(NCc1cccc(COC(C)C)c1)N(C)Cc1csc(C(C)OC)n1.I. The molecule has 1 N–H and O–H groups in total. The van der Waals surface area contributed by atoms with Crippen LogP contribution in [0.1, 0.15) is 48.7 Å². The predicted molar refractivity (Wildman–Crippen MR) is 131 cm³/mol. The van der Waals surface area contributed by atoms with Crippen LogP contribution >= 0.6 is 35.3 Å². The van der Waals surface area contributed by atoms with Crippen LogP contribution in [0.25, 0.3) is 0 Å². The van der Waals surface area contributed by atoms with E-state index in [0.717, 1.165) is 16.7 Å². The molecule has 0 saturated carbocycles. The molecule has 0 aliphatic heterocycles. The van der Waals surface area contributed by atoms with Crippen molar-refractivity contribution < 1.29 is 9.47 Å². The Hall–Kier alpha value is -1.23. The third kappa shape index (κ3) is 8.57. The van der Waals surface area contributed by atoms with Gasteiger partial charge in [0.2, 0.25) is 0 Å². The van der Waals surface area contributed by atoms with Crippen LogP contribution in [-0.4, -0.2) is 43.2 Å². The molecule has 0 aliphatic carbocycles. The van der Waals surface area contributed by atoms with Crippen LogP contribution in [0.4, 0.5) is 0 Å². The second kappa shape index (κ2) is 13.1. The number of guanidine groups is 1. The summed E-state index contributed by atoms with van der Waals surface area (Å²) in [5.74, 6) is 0.832. The first-order chi connectivity index (χ1) is 13.4. The molecule has 0 bridgehead atoms. The van der Waals surface area contributed by atoms with Gasteiger partial charge in [-0.2, -0.15) is 0 Å². The number of benzene rings is 1. The Balaban J connectivity index is 0.00000420. The van der Waals surface area contributed by atoms with Crippen LogP contribution in [0, 0.1) is 0 Å². The van der Waals surface area contributed by atoms with Crippen molar-refractivity contribution in [1.82, 2.24) is 15.2 Å². The standard InChI is InChI=1S/C21H32N4O2S.HI/c1-15(2)27-13-18-9-7-8-17(10-18)11-23-21(22-4)25(5)12-19-14-28-20(24-19)16(3)26-6;/h7-10,14-16H,11-13H2,1-6H3,(H,22,23);1H. The van der Waals surface area contributed by atoms with E-state index in [2.05, 4.69) is 49.8 Å². The maximum atomic E-state index is 5.69. The van der Waals surface area contributed by atoms with Crippen molar-refractivity contribution >= 4 is 41.3 Å². The molecule has 8 heteroatoms. The smallest absolute Gasteiger partial charge is 0.194 e. The maximum Gasteiger partial charge on any atom is 0.194 e. The lowest BCUT2D eigenvalue weighted by atomic mass is 10.1. The van der Waals surface area contributed by atoms with Crippen LogP contribution in [0.15, 0.2) is 34.6 Å². The molecule has 162 valence electrons. The topological polar surface area (TPSA) is 59.0 Å². The van der Waals surface area contributed by atoms with Crippen LogP contribution in [0.2, 0.25) is 0 Å². The number of aromatic nitrogens is 1. The third-order valence-electron chi connectivity index (χ3n) is 4.27. The van der Waals surface area contributed by atoms with Crippen molar-refractivity contribution in [3.8, 4) is 0 Å². The summed E-state index contributed by atoms with van der Waals surface area (Å²) in [6.45, 7) is 8.13. The molecular formula is C21H33IN4O2S. The fraction of sp³-hybridized carbons (Fsp3) is 0.524. The largest absolute Gasteiger partial charge is 0.375 e. The molecule has 1 atom stereocenters. The van der Waals surface area contributed by atoms with Crippen molar-refractivity contribution in [2.45, 2.75) is 52.7 Å². The van der Waals surface area contributed by atoms with Gasteiger partial charge in [0.15, 0.2) is 5.96 Å². The van der Waals surface area contributed by atoms with E-state index in [9.17, 15) is 0 Å². The first kappa shape index (κ1) is 25.8. The minimum Gasteiger partial charge on any atom is -0.375 e. The number of hydrogen-bond acceptors (Lipinski definition) is 5. The Morgan fingerprint density at radius 1 is 1.28 bits per heavy atom. The highest BCUT2D eigenvalue weighted by Gasteiger charge is 2.12. The fourth-order valence-electron chi connectivity index (χ4n) is 2.66. The summed E-state index contributed by atoms with van der Waals surface area (Å²) in [4.78, 5) is 11.1. The van der Waals surface area contributed by atoms with Crippen LogP contribution in [0.3, 0.4) is 0 Å². The summed E-state index contributed by atoms with van der Waals surface area (Å²) < 4.78 is 11.0. The summed E-state index contributed by atoms with van der Waals surface area (Å²) in [6.07, 6.45) is 0.251. The maximum absolute atomic E-state index is 5.69. The molecule has 1 aromatic carbocycles. The number of nitrogens with one attached hydrogen (secondary N) is 1. The second-order valence-corrected chi connectivity index (χ2v) is 7.88. The summed E-state index contributed by atoms with van der Waals surface area (Å²) in [6, 6.07) is 8.43. The second-order valence-electron chi connectivity index (χ2n) is 6.99. The van der Waals surface area contributed by atoms with Gasteiger partial charge in [-0.05, 0) is 31.9 Å². The van der Waals surface area contributed by atoms with Crippen molar-refractivity contribution in [2.75, 3.05) is 21.2 Å². The zero-order chi connectivity index (χ0) is 20.5. The zero-order valence-electron chi connectivity index (χ0n) is 18.1. The van der Waals surface area contributed by atoms with E-state index in [1.807, 2.05) is 27.8 Å². The molecule has 1 heterocycles. The summed E-state index contributed by atoms with van der Waals surface area (Å²) >= 11 is 1.63. The number of halogens is 1. The van der Waals surface area contributed by atoms with Crippen molar-refractivity contribution in [2.24, 2.45) is 4.99 Å². The minimum absolute atomic E-state index is 0. The van der Waals surface area contributed by atoms with Gasteiger partial charge >= 0.3 is 0 Å². The van der Waals surface area contributed by atoms with Gasteiger partial charge in [-0.1, -0.05) is 24.3 Å². The molecule has 1 aromatic heterocycles. The zero-order valence-corrected chi connectivity index (χ0v) is 21.3. The summed E-state index contributed by atoms with van der Waals surface area (Å²) in [7, 11) is 5.51. The van der Waals surface area contributed by atoms with E-state index in [0.29, 0.717) is 19.7 Å². The van der Waals surface area contributed by atoms with E-state index < -0.39 is 0 Å². The fourth-order valence-corrected chi connectivity index (χ4v) is 3.50. The van der Waals surface area contributed by atoms with E-state index in [-0.39, 0.29) is 36.2 Å². The van der Waals surface area contributed by atoms with Crippen molar-refractivity contribution in [1.29, 1.82) is 0 Å². The molecule has 0 amide bonds. The monoisotopic (exact) mass is 532 g/mol. The van der Waals surface area contributed by atoms with Gasteiger partial charge in [-0.3, -0.25) is 4.99 Å². The number of nitrogens with zero attached hydrogens (tertiary/aromatic N) is 3. The van der Waals surface area contributed by atoms with E-state index >= 15 is 0 Å². The molecule has 0 fully saturated rings. The van der Waals surface area contributed by atoms with E-state index in [1.54, 1.807) is 25.5 Å². The van der Waals surface area contributed by atoms with Crippen LogP contribution in [0.5, 0.6) is 0 Å². The lowest BCUT2D eigenvalue weighted by Gasteiger charge is -2.21. The lowest BCUT2D eigenvalue weighted by Crippen LogP contribution is -2.38. The molecule has 6 nitrogen and oxygen atoms in total. The molecular weight excluding hydrogens is 499 g/mol. The van der Waals surface area contributed by atoms with Gasteiger partial charge in [-0.25, -0.2) is 4.98 Å². The molecule has 0 spiro atoms. The molecule has 2 rings (SSSR count). The molecule has 0 saturated heterocycles. The number of methoxy groups -OCH3 is 1. The highest BCUT2D eigenvalue weighted by Crippen LogP contribution is 2.21. The lowest BCUT2D eigenvalue weighted by molar-refractivity contribution is 0.0657. The number of rotatable bonds is 9. The minimum atomic E-state index is 0. The van der Waals surface area contributed by atoms with Crippen molar-refractivity contribution in [3.63, 3.8) is 0 Å². The normalized spacial score (nSPS) is 12.6. The quantitative estimate of drug-likeness (QED) is 0.291. The Morgan fingerprint density at radius 3 is 2.66 bits per heavy atom. The van der Waals surface area contributed by atoms with E-state index in [4.69, 9.17) is 9.47 Å². The Kier molecular flexibility index (Phi) is 11.7. The Morgan fingerprint density at radius 2 is 2.00 bits per heavy atom. The molecule has 29 heavy (non-hydrogen) atoms.